The smallest absolute Gasteiger partial charge is 0.228 e. The summed E-state index contributed by atoms with van der Waals surface area (Å²) in [6.07, 6.45) is 1.95. The highest BCUT2D eigenvalue weighted by atomic mass is 35.5. The summed E-state index contributed by atoms with van der Waals surface area (Å²) in [4.78, 5) is 12.4. The fraction of sp³-hybridized carbons (Fsp3) is 0.316. The molecule has 1 heterocycles. The molecule has 0 aliphatic carbocycles. The molecule has 0 bridgehead atoms. The first-order chi connectivity index (χ1) is 11.7. The van der Waals surface area contributed by atoms with E-state index in [1.807, 2.05) is 48.5 Å². The fourth-order valence-corrected chi connectivity index (χ4v) is 3.01. The number of hydrogen-bond acceptors (Lipinski definition) is 3. The molecule has 1 aliphatic heterocycles. The van der Waals surface area contributed by atoms with Crippen molar-refractivity contribution in [3.8, 4) is 5.75 Å². The summed E-state index contributed by atoms with van der Waals surface area (Å²) in [6.45, 7) is 2.12. The van der Waals surface area contributed by atoms with Gasteiger partial charge in [0.05, 0.1) is 11.6 Å². The number of rotatable bonds is 5. The molecule has 134 valence electrons. The number of amides is 1. The van der Waals surface area contributed by atoms with Gasteiger partial charge in [0, 0.05) is 11.6 Å². The van der Waals surface area contributed by atoms with Crippen LogP contribution in [-0.2, 0) is 11.4 Å². The van der Waals surface area contributed by atoms with Gasteiger partial charge in [-0.1, -0.05) is 35.9 Å². The maximum absolute atomic E-state index is 12.4. The fourth-order valence-electron chi connectivity index (χ4n) is 2.79. The minimum Gasteiger partial charge on any atom is -0.487 e. The van der Waals surface area contributed by atoms with Gasteiger partial charge in [-0.25, -0.2) is 0 Å². The number of halogens is 2. The molecule has 4 nitrogen and oxygen atoms in total. The van der Waals surface area contributed by atoms with Crippen molar-refractivity contribution in [2.45, 2.75) is 19.4 Å². The van der Waals surface area contributed by atoms with E-state index in [9.17, 15) is 4.79 Å². The number of para-hydroxylation sites is 2. The van der Waals surface area contributed by atoms with E-state index in [-0.39, 0.29) is 24.2 Å². The van der Waals surface area contributed by atoms with Crippen molar-refractivity contribution >= 4 is 35.6 Å². The Morgan fingerprint density at radius 3 is 2.84 bits per heavy atom. The lowest BCUT2D eigenvalue weighted by atomic mass is 9.99. The van der Waals surface area contributed by atoms with Crippen LogP contribution in [0.1, 0.15) is 18.4 Å². The predicted octanol–water partition coefficient (Wildman–Crippen LogP) is 4.28. The molecule has 1 saturated heterocycles. The Balaban J connectivity index is 0.00000225. The van der Waals surface area contributed by atoms with Gasteiger partial charge in [0.1, 0.15) is 12.4 Å². The molecule has 2 aromatic rings. The van der Waals surface area contributed by atoms with E-state index in [1.54, 1.807) is 0 Å². The summed E-state index contributed by atoms with van der Waals surface area (Å²) in [5.41, 5.74) is 1.69. The lowest BCUT2D eigenvalue weighted by Gasteiger charge is -2.22. The molecule has 0 spiro atoms. The van der Waals surface area contributed by atoms with Crippen LogP contribution in [0.15, 0.2) is 48.5 Å². The summed E-state index contributed by atoms with van der Waals surface area (Å²) in [7, 11) is 0. The Kier molecular flexibility index (Phi) is 7.56. The molecule has 0 radical (unpaired) electrons. The first kappa shape index (κ1) is 19.6. The number of carbonyl (C=O) groups excluding carboxylic acids is 1. The highest BCUT2D eigenvalue weighted by Gasteiger charge is 2.21. The summed E-state index contributed by atoms with van der Waals surface area (Å²) in [5.74, 6) is 0.718. The second kappa shape index (κ2) is 9.66. The Hall–Kier alpha value is -1.75. The highest BCUT2D eigenvalue weighted by molar-refractivity contribution is 6.30. The number of benzene rings is 2. The number of piperidine rings is 1. The zero-order valence-corrected chi connectivity index (χ0v) is 15.4. The van der Waals surface area contributed by atoms with Crippen molar-refractivity contribution in [2.24, 2.45) is 5.92 Å². The van der Waals surface area contributed by atoms with Gasteiger partial charge in [0.15, 0.2) is 0 Å². The standard InChI is InChI=1S/C19H21ClN2O2.ClH/c20-16-7-3-5-14(11-16)13-24-18-9-2-1-8-17(18)22-19(23)15-6-4-10-21-12-15;/h1-3,5,7-9,11,15,21H,4,6,10,12-13H2,(H,22,23);1H. The zero-order valence-electron chi connectivity index (χ0n) is 13.8. The molecule has 1 unspecified atom stereocenters. The van der Waals surface area contributed by atoms with E-state index in [2.05, 4.69) is 10.6 Å². The van der Waals surface area contributed by atoms with Crippen LogP contribution in [-0.4, -0.2) is 19.0 Å². The van der Waals surface area contributed by atoms with Crippen LogP contribution in [0, 0.1) is 5.92 Å². The molecule has 2 N–H and O–H groups in total. The molecular formula is C19H22Cl2N2O2. The Labute approximate surface area is 159 Å². The van der Waals surface area contributed by atoms with Gasteiger partial charge in [-0.2, -0.15) is 0 Å². The predicted molar refractivity (Wildman–Crippen MR) is 104 cm³/mol. The van der Waals surface area contributed by atoms with E-state index < -0.39 is 0 Å². The maximum atomic E-state index is 12.4. The molecule has 3 rings (SSSR count). The van der Waals surface area contributed by atoms with Crippen LogP contribution in [0.25, 0.3) is 0 Å². The van der Waals surface area contributed by atoms with E-state index in [0.29, 0.717) is 23.1 Å². The van der Waals surface area contributed by atoms with Crippen molar-refractivity contribution in [1.29, 1.82) is 0 Å². The van der Waals surface area contributed by atoms with Crippen LogP contribution in [0.3, 0.4) is 0 Å². The zero-order chi connectivity index (χ0) is 16.8. The van der Waals surface area contributed by atoms with E-state index in [1.165, 1.54) is 0 Å². The molecule has 6 heteroatoms. The van der Waals surface area contributed by atoms with Crippen LogP contribution in [0.2, 0.25) is 5.02 Å². The minimum atomic E-state index is 0. The monoisotopic (exact) mass is 380 g/mol. The number of ether oxygens (including phenoxy) is 1. The molecule has 2 aromatic carbocycles. The first-order valence-electron chi connectivity index (χ1n) is 8.20. The van der Waals surface area contributed by atoms with Gasteiger partial charge in [-0.15, -0.1) is 12.4 Å². The number of hydrogen-bond donors (Lipinski definition) is 2. The van der Waals surface area contributed by atoms with Crippen LogP contribution < -0.4 is 15.4 Å². The number of carbonyl (C=O) groups is 1. The van der Waals surface area contributed by atoms with Gasteiger partial charge < -0.3 is 15.4 Å². The molecule has 25 heavy (non-hydrogen) atoms. The average molecular weight is 381 g/mol. The van der Waals surface area contributed by atoms with Crippen LogP contribution in [0.5, 0.6) is 5.75 Å². The van der Waals surface area contributed by atoms with E-state index in [0.717, 1.165) is 31.5 Å². The summed E-state index contributed by atoms with van der Waals surface area (Å²) in [5, 5.41) is 6.94. The number of anilines is 1. The minimum absolute atomic E-state index is 0. The quantitative estimate of drug-likeness (QED) is 0.813. The van der Waals surface area contributed by atoms with Crippen molar-refractivity contribution in [3.05, 3.63) is 59.1 Å². The highest BCUT2D eigenvalue weighted by Crippen LogP contribution is 2.26. The lowest BCUT2D eigenvalue weighted by molar-refractivity contribution is -0.120. The van der Waals surface area contributed by atoms with Crippen molar-refractivity contribution in [1.82, 2.24) is 5.32 Å². The van der Waals surface area contributed by atoms with Gasteiger partial charge in [0.2, 0.25) is 5.91 Å². The second-order valence-electron chi connectivity index (χ2n) is 5.95. The normalized spacial score (nSPS) is 16.6. The third-order valence-electron chi connectivity index (χ3n) is 4.10. The van der Waals surface area contributed by atoms with Crippen molar-refractivity contribution in [2.75, 3.05) is 18.4 Å². The van der Waals surface area contributed by atoms with Crippen LogP contribution in [0.4, 0.5) is 5.69 Å². The third kappa shape index (κ3) is 5.63. The molecule has 1 aliphatic rings. The van der Waals surface area contributed by atoms with Gasteiger partial charge >= 0.3 is 0 Å². The van der Waals surface area contributed by atoms with Crippen molar-refractivity contribution in [3.63, 3.8) is 0 Å². The second-order valence-corrected chi connectivity index (χ2v) is 6.38. The average Bonchev–Trinajstić information content (AvgIpc) is 2.62. The summed E-state index contributed by atoms with van der Waals surface area (Å²) < 4.78 is 5.88. The summed E-state index contributed by atoms with van der Waals surface area (Å²) in [6, 6.07) is 15.1. The molecule has 1 amide bonds. The van der Waals surface area contributed by atoms with Gasteiger partial charge in [-0.05, 0) is 49.2 Å². The molecule has 1 fully saturated rings. The SMILES string of the molecule is Cl.O=C(Nc1ccccc1OCc1cccc(Cl)c1)C1CCCNC1. The molecular weight excluding hydrogens is 359 g/mol. The molecule has 0 aromatic heterocycles. The van der Waals surface area contributed by atoms with Gasteiger partial charge in [0.25, 0.3) is 0 Å². The lowest BCUT2D eigenvalue weighted by Crippen LogP contribution is -2.37. The van der Waals surface area contributed by atoms with E-state index >= 15 is 0 Å². The van der Waals surface area contributed by atoms with Gasteiger partial charge in [-0.3, -0.25) is 4.79 Å². The topological polar surface area (TPSA) is 50.4 Å². The molecule has 1 atom stereocenters. The molecule has 0 saturated carbocycles. The van der Waals surface area contributed by atoms with Crippen molar-refractivity contribution < 1.29 is 9.53 Å². The third-order valence-corrected chi connectivity index (χ3v) is 4.33. The largest absolute Gasteiger partial charge is 0.487 e. The van der Waals surface area contributed by atoms with Crippen LogP contribution >= 0.6 is 24.0 Å². The maximum Gasteiger partial charge on any atom is 0.228 e. The Morgan fingerprint density at radius 1 is 1.24 bits per heavy atom. The number of nitrogens with one attached hydrogen (secondary N) is 2. The van der Waals surface area contributed by atoms with E-state index in [4.69, 9.17) is 16.3 Å². The summed E-state index contributed by atoms with van der Waals surface area (Å²) >= 11 is 5.99. The first-order valence-corrected chi connectivity index (χ1v) is 8.58. The Bertz CT molecular complexity index is 703. The Morgan fingerprint density at radius 2 is 2.08 bits per heavy atom.